The zero-order valence-corrected chi connectivity index (χ0v) is 9.74. The predicted octanol–water partition coefficient (Wildman–Crippen LogP) is 1.27. The van der Waals surface area contributed by atoms with E-state index in [0.717, 1.165) is 5.56 Å². The second-order valence-corrected chi connectivity index (χ2v) is 3.48. The molecule has 0 bridgehead atoms. The second-order valence-electron chi connectivity index (χ2n) is 3.48. The molecule has 0 aliphatic heterocycles. The Bertz CT molecular complexity index is 382. The van der Waals surface area contributed by atoms with Gasteiger partial charge in [-0.2, -0.15) is 0 Å². The van der Waals surface area contributed by atoms with Gasteiger partial charge < -0.3 is 15.2 Å². The van der Waals surface area contributed by atoms with Gasteiger partial charge in [0.1, 0.15) is 0 Å². The zero-order chi connectivity index (χ0) is 12.7. The van der Waals surface area contributed by atoms with Gasteiger partial charge in [0.2, 0.25) is 0 Å². The molecule has 1 rings (SSSR count). The van der Waals surface area contributed by atoms with E-state index in [0.29, 0.717) is 13.0 Å². The number of rotatable bonds is 6. The summed E-state index contributed by atoms with van der Waals surface area (Å²) >= 11 is 0. The molecule has 0 aliphatic carbocycles. The van der Waals surface area contributed by atoms with Crippen molar-refractivity contribution in [2.45, 2.75) is 12.8 Å². The third-order valence-corrected chi connectivity index (χ3v) is 2.22. The summed E-state index contributed by atoms with van der Waals surface area (Å²) in [6.45, 7) is 0.571. The second kappa shape index (κ2) is 6.85. The molecule has 17 heavy (non-hydrogen) atoms. The Kier molecular flexibility index (Phi) is 5.42. The molecule has 0 amide bonds. The molecular formula is C12H16FNO3. The Morgan fingerprint density at radius 3 is 2.82 bits per heavy atom. The summed E-state index contributed by atoms with van der Waals surface area (Å²) in [4.78, 5) is 10.8. The fraction of sp³-hybridized carbons (Fsp3) is 0.417. The normalized spacial score (nSPS) is 10.1. The van der Waals surface area contributed by atoms with Crippen molar-refractivity contribution in [2.24, 2.45) is 5.73 Å². The molecule has 0 unspecified atom stereocenters. The number of ether oxygens (including phenoxy) is 2. The average Bonchev–Trinajstić information content (AvgIpc) is 2.32. The van der Waals surface area contributed by atoms with E-state index in [1.807, 2.05) is 0 Å². The lowest BCUT2D eigenvalue weighted by molar-refractivity contribution is -0.141. The van der Waals surface area contributed by atoms with Crippen LogP contribution in [0.5, 0.6) is 5.75 Å². The lowest BCUT2D eigenvalue weighted by Crippen LogP contribution is -2.08. The largest absolute Gasteiger partial charge is 0.490 e. The maximum absolute atomic E-state index is 13.5. The minimum absolute atomic E-state index is 0.0971. The zero-order valence-electron chi connectivity index (χ0n) is 9.74. The molecule has 0 spiro atoms. The van der Waals surface area contributed by atoms with Crippen molar-refractivity contribution in [3.8, 4) is 5.75 Å². The molecule has 1 aromatic rings. The number of halogens is 1. The number of hydrogen-bond acceptors (Lipinski definition) is 4. The third-order valence-electron chi connectivity index (χ3n) is 2.22. The smallest absolute Gasteiger partial charge is 0.308 e. The van der Waals surface area contributed by atoms with Crippen LogP contribution in [-0.2, 0) is 16.0 Å². The van der Waals surface area contributed by atoms with E-state index in [9.17, 15) is 9.18 Å². The fourth-order valence-electron chi connectivity index (χ4n) is 1.33. The highest BCUT2D eigenvalue weighted by Crippen LogP contribution is 2.18. The van der Waals surface area contributed by atoms with Crippen LogP contribution in [0.3, 0.4) is 0 Å². The number of nitrogens with two attached hydrogens (primary N) is 1. The predicted molar refractivity (Wildman–Crippen MR) is 61.3 cm³/mol. The first-order valence-corrected chi connectivity index (χ1v) is 5.35. The SMILES string of the molecule is COC(=O)CCOc1ccc(CCN)cc1F. The molecule has 0 fully saturated rings. The number of benzene rings is 1. The molecule has 5 heteroatoms. The van der Waals surface area contributed by atoms with Crippen LogP contribution in [-0.4, -0.2) is 26.2 Å². The Morgan fingerprint density at radius 1 is 1.47 bits per heavy atom. The highest BCUT2D eigenvalue weighted by Gasteiger charge is 2.06. The monoisotopic (exact) mass is 241 g/mol. The van der Waals surface area contributed by atoms with Gasteiger partial charge in [0.05, 0.1) is 20.1 Å². The molecule has 0 aromatic heterocycles. The van der Waals surface area contributed by atoms with Crippen LogP contribution in [0.2, 0.25) is 0 Å². The van der Waals surface area contributed by atoms with Crippen molar-refractivity contribution in [1.82, 2.24) is 0 Å². The van der Waals surface area contributed by atoms with E-state index in [4.69, 9.17) is 10.5 Å². The van der Waals surface area contributed by atoms with Crippen molar-refractivity contribution < 1.29 is 18.7 Å². The maximum atomic E-state index is 13.5. The summed E-state index contributed by atoms with van der Waals surface area (Å²) in [6.07, 6.45) is 0.722. The Morgan fingerprint density at radius 2 is 2.24 bits per heavy atom. The molecule has 0 radical (unpaired) electrons. The summed E-state index contributed by atoms with van der Waals surface area (Å²) in [6, 6.07) is 4.68. The topological polar surface area (TPSA) is 61.5 Å². The first kappa shape index (κ1) is 13.4. The van der Waals surface area contributed by atoms with Crippen LogP contribution in [0, 0.1) is 5.82 Å². The van der Waals surface area contributed by atoms with Gasteiger partial charge >= 0.3 is 5.97 Å². The molecule has 0 atom stereocenters. The summed E-state index contributed by atoms with van der Waals surface area (Å²) in [5.74, 6) is -0.694. The Balaban J connectivity index is 2.51. The van der Waals surface area contributed by atoms with Crippen LogP contribution in [0.15, 0.2) is 18.2 Å². The van der Waals surface area contributed by atoms with Gasteiger partial charge in [-0.1, -0.05) is 6.07 Å². The van der Waals surface area contributed by atoms with Crippen molar-refractivity contribution in [3.63, 3.8) is 0 Å². The van der Waals surface area contributed by atoms with E-state index < -0.39 is 5.82 Å². The number of carbonyl (C=O) groups is 1. The van der Waals surface area contributed by atoms with Crippen LogP contribution in [0.1, 0.15) is 12.0 Å². The van der Waals surface area contributed by atoms with Crippen molar-refractivity contribution in [2.75, 3.05) is 20.3 Å². The van der Waals surface area contributed by atoms with Gasteiger partial charge in [-0.15, -0.1) is 0 Å². The van der Waals surface area contributed by atoms with Gasteiger partial charge in [-0.05, 0) is 30.7 Å². The molecule has 0 saturated carbocycles. The highest BCUT2D eigenvalue weighted by molar-refractivity contribution is 5.69. The highest BCUT2D eigenvalue weighted by atomic mass is 19.1. The van der Waals surface area contributed by atoms with Crippen LogP contribution < -0.4 is 10.5 Å². The first-order valence-electron chi connectivity index (χ1n) is 5.35. The van der Waals surface area contributed by atoms with E-state index >= 15 is 0 Å². The first-order chi connectivity index (χ1) is 8.17. The van der Waals surface area contributed by atoms with Gasteiger partial charge in [0.15, 0.2) is 11.6 Å². The van der Waals surface area contributed by atoms with Crippen molar-refractivity contribution in [1.29, 1.82) is 0 Å². The molecular weight excluding hydrogens is 225 g/mol. The molecule has 94 valence electrons. The molecule has 0 heterocycles. The molecule has 0 aliphatic rings. The standard InChI is InChI=1S/C12H16FNO3/c1-16-12(15)5-7-17-11-3-2-9(4-6-14)8-10(11)13/h2-3,8H,4-7,14H2,1H3. The number of esters is 1. The molecule has 1 aromatic carbocycles. The van der Waals surface area contributed by atoms with Crippen LogP contribution >= 0.6 is 0 Å². The van der Waals surface area contributed by atoms with Crippen LogP contribution in [0.4, 0.5) is 4.39 Å². The Labute approximate surface area is 99.5 Å². The molecule has 0 saturated heterocycles. The average molecular weight is 241 g/mol. The molecule has 2 N–H and O–H groups in total. The summed E-state index contributed by atoms with van der Waals surface area (Å²) < 4.78 is 23.1. The fourth-order valence-corrected chi connectivity index (χ4v) is 1.33. The van der Waals surface area contributed by atoms with Gasteiger partial charge in [-0.3, -0.25) is 4.79 Å². The van der Waals surface area contributed by atoms with E-state index in [1.165, 1.54) is 19.2 Å². The third kappa shape index (κ3) is 4.40. The van der Waals surface area contributed by atoms with E-state index in [2.05, 4.69) is 4.74 Å². The summed E-state index contributed by atoms with van der Waals surface area (Å²) in [5.41, 5.74) is 6.20. The number of carbonyl (C=O) groups excluding carboxylic acids is 1. The van der Waals surface area contributed by atoms with Crippen molar-refractivity contribution in [3.05, 3.63) is 29.6 Å². The van der Waals surface area contributed by atoms with E-state index in [1.54, 1.807) is 6.07 Å². The quantitative estimate of drug-likeness (QED) is 0.762. The minimum atomic E-state index is -0.444. The van der Waals surface area contributed by atoms with E-state index in [-0.39, 0.29) is 24.7 Å². The Hall–Kier alpha value is -1.62. The van der Waals surface area contributed by atoms with Crippen molar-refractivity contribution >= 4 is 5.97 Å². The van der Waals surface area contributed by atoms with Gasteiger partial charge in [0, 0.05) is 0 Å². The summed E-state index contributed by atoms with van der Waals surface area (Å²) in [7, 11) is 1.30. The van der Waals surface area contributed by atoms with Gasteiger partial charge in [0.25, 0.3) is 0 Å². The van der Waals surface area contributed by atoms with Gasteiger partial charge in [-0.25, -0.2) is 4.39 Å². The lowest BCUT2D eigenvalue weighted by atomic mass is 10.1. The number of hydrogen-bond donors (Lipinski definition) is 1. The van der Waals surface area contributed by atoms with Crippen LogP contribution in [0.25, 0.3) is 0 Å². The number of methoxy groups -OCH3 is 1. The minimum Gasteiger partial charge on any atom is -0.490 e. The summed E-state index contributed by atoms with van der Waals surface area (Å²) in [5, 5.41) is 0. The molecule has 4 nitrogen and oxygen atoms in total. The lowest BCUT2D eigenvalue weighted by Gasteiger charge is -2.07. The maximum Gasteiger partial charge on any atom is 0.308 e.